The minimum atomic E-state index is -1.36. The zero-order chi connectivity index (χ0) is 18.4. The molecule has 1 atom stereocenters. The minimum absolute atomic E-state index is 0.172. The Labute approximate surface area is 158 Å². The molecular formula is C22H19ClO3. The van der Waals surface area contributed by atoms with Crippen LogP contribution in [-0.2, 0) is 26.5 Å². The largest absolute Gasteiger partial charge is 0.458 e. The van der Waals surface area contributed by atoms with Crippen LogP contribution in [0, 0.1) is 0 Å². The van der Waals surface area contributed by atoms with Crippen molar-refractivity contribution in [2.75, 3.05) is 7.11 Å². The third-order valence-electron chi connectivity index (χ3n) is 4.24. The van der Waals surface area contributed by atoms with Gasteiger partial charge in [-0.2, -0.15) is 0 Å². The van der Waals surface area contributed by atoms with Gasteiger partial charge in [0.2, 0.25) is 5.60 Å². The summed E-state index contributed by atoms with van der Waals surface area (Å²) in [6.45, 7) is 0.172. The smallest absolute Gasteiger partial charge is 0.348 e. The number of benzene rings is 3. The Morgan fingerprint density at radius 1 is 0.846 bits per heavy atom. The van der Waals surface area contributed by atoms with E-state index in [1.807, 2.05) is 60.7 Å². The fourth-order valence-corrected chi connectivity index (χ4v) is 3.03. The third kappa shape index (κ3) is 3.64. The van der Waals surface area contributed by atoms with Crippen LogP contribution < -0.4 is 0 Å². The van der Waals surface area contributed by atoms with E-state index in [0.717, 1.165) is 5.56 Å². The lowest BCUT2D eigenvalue weighted by molar-refractivity contribution is -0.166. The molecule has 3 aromatic carbocycles. The second kappa shape index (κ2) is 8.17. The predicted octanol–water partition coefficient (Wildman–Crippen LogP) is 4.97. The van der Waals surface area contributed by atoms with Gasteiger partial charge in [-0.05, 0) is 28.8 Å². The van der Waals surface area contributed by atoms with E-state index in [1.165, 1.54) is 7.11 Å². The molecule has 0 aliphatic rings. The highest BCUT2D eigenvalue weighted by molar-refractivity contribution is 6.30. The van der Waals surface area contributed by atoms with E-state index in [9.17, 15) is 4.79 Å². The summed E-state index contributed by atoms with van der Waals surface area (Å²) in [4.78, 5) is 13.2. The van der Waals surface area contributed by atoms with E-state index in [2.05, 4.69) is 0 Å². The molecule has 26 heavy (non-hydrogen) atoms. The van der Waals surface area contributed by atoms with Crippen LogP contribution >= 0.6 is 11.6 Å². The van der Waals surface area contributed by atoms with Crippen LogP contribution in [-0.4, -0.2) is 13.1 Å². The van der Waals surface area contributed by atoms with Crippen LogP contribution in [0.5, 0.6) is 0 Å². The van der Waals surface area contributed by atoms with Crippen molar-refractivity contribution in [1.82, 2.24) is 0 Å². The SMILES string of the molecule is COC(C(=O)OCc1ccccc1)(c1ccccc1)c1ccc(Cl)cc1. The van der Waals surface area contributed by atoms with Gasteiger partial charge in [-0.25, -0.2) is 4.79 Å². The quantitative estimate of drug-likeness (QED) is 0.577. The fourth-order valence-electron chi connectivity index (χ4n) is 2.90. The van der Waals surface area contributed by atoms with Crippen LogP contribution in [0.4, 0.5) is 0 Å². The molecule has 132 valence electrons. The summed E-state index contributed by atoms with van der Waals surface area (Å²) in [5, 5.41) is 0.587. The number of esters is 1. The van der Waals surface area contributed by atoms with Crippen molar-refractivity contribution in [1.29, 1.82) is 0 Å². The van der Waals surface area contributed by atoms with Crippen LogP contribution in [0.1, 0.15) is 16.7 Å². The molecule has 0 aliphatic heterocycles. The van der Waals surface area contributed by atoms with E-state index >= 15 is 0 Å². The first-order chi connectivity index (χ1) is 12.7. The Morgan fingerprint density at radius 3 is 1.96 bits per heavy atom. The minimum Gasteiger partial charge on any atom is -0.458 e. The number of methoxy groups -OCH3 is 1. The van der Waals surface area contributed by atoms with E-state index in [4.69, 9.17) is 21.1 Å². The molecular weight excluding hydrogens is 348 g/mol. The van der Waals surface area contributed by atoms with Gasteiger partial charge in [0, 0.05) is 12.1 Å². The molecule has 1 unspecified atom stereocenters. The Bertz CT molecular complexity index is 848. The van der Waals surface area contributed by atoms with Crippen LogP contribution in [0.2, 0.25) is 5.02 Å². The number of ether oxygens (including phenoxy) is 2. The van der Waals surface area contributed by atoms with Crippen molar-refractivity contribution in [3.8, 4) is 0 Å². The topological polar surface area (TPSA) is 35.5 Å². The molecule has 0 radical (unpaired) electrons. The second-order valence-corrected chi connectivity index (χ2v) is 6.26. The van der Waals surface area contributed by atoms with Gasteiger partial charge >= 0.3 is 5.97 Å². The molecule has 0 saturated heterocycles. The average molecular weight is 367 g/mol. The number of halogens is 1. The number of hydrogen-bond donors (Lipinski definition) is 0. The molecule has 0 N–H and O–H groups in total. The molecule has 0 aromatic heterocycles. The van der Waals surface area contributed by atoms with Gasteiger partial charge in [0.25, 0.3) is 0 Å². The van der Waals surface area contributed by atoms with Gasteiger partial charge in [0.15, 0.2) is 0 Å². The number of hydrogen-bond acceptors (Lipinski definition) is 3. The molecule has 0 saturated carbocycles. The monoisotopic (exact) mass is 366 g/mol. The van der Waals surface area contributed by atoms with Crippen molar-refractivity contribution in [3.05, 3.63) is 107 Å². The standard InChI is InChI=1S/C22H19ClO3/c1-25-22(18-10-6-3-7-11-18,19-12-14-20(23)15-13-19)21(24)26-16-17-8-4-2-5-9-17/h2-15H,16H2,1H3. The lowest BCUT2D eigenvalue weighted by Gasteiger charge is -2.31. The Hall–Kier alpha value is -2.62. The van der Waals surface area contributed by atoms with Gasteiger partial charge in [-0.15, -0.1) is 0 Å². The maximum Gasteiger partial charge on any atom is 0.348 e. The molecule has 3 nitrogen and oxygen atoms in total. The van der Waals surface area contributed by atoms with Crippen molar-refractivity contribution in [3.63, 3.8) is 0 Å². The van der Waals surface area contributed by atoms with Gasteiger partial charge in [0.1, 0.15) is 6.61 Å². The number of rotatable bonds is 6. The molecule has 0 aliphatic carbocycles. The lowest BCUT2D eigenvalue weighted by atomic mass is 9.86. The Morgan fingerprint density at radius 2 is 1.38 bits per heavy atom. The van der Waals surface area contributed by atoms with Crippen molar-refractivity contribution in [2.45, 2.75) is 12.2 Å². The van der Waals surface area contributed by atoms with E-state index < -0.39 is 11.6 Å². The summed E-state index contributed by atoms with van der Waals surface area (Å²) in [7, 11) is 1.51. The second-order valence-electron chi connectivity index (χ2n) is 5.82. The third-order valence-corrected chi connectivity index (χ3v) is 4.49. The van der Waals surface area contributed by atoms with Gasteiger partial charge in [0.05, 0.1) is 0 Å². The highest BCUT2D eigenvalue weighted by Gasteiger charge is 2.44. The molecule has 4 heteroatoms. The van der Waals surface area contributed by atoms with Crippen LogP contribution in [0.15, 0.2) is 84.9 Å². The zero-order valence-corrected chi connectivity index (χ0v) is 15.1. The predicted molar refractivity (Wildman–Crippen MR) is 102 cm³/mol. The molecule has 3 aromatic rings. The maximum atomic E-state index is 13.2. The summed E-state index contributed by atoms with van der Waals surface area (Å²) in [6.07, 6.45) is 0. The first kappa shape index (κ1) is 18.2. The van der Waals surface area contributed by atoms with Gasteiger partial charge in [-0.1, -0.05) is 84.4 Å². The van der Waals surface area contributed by atoms with Crippen molar-refractivity contribution >= 4 is 17.6 Å². The summed E-state index contributed by atoms with van der Waals surface area (Å²) >= 11 is 6.01. The highest BCUT2D eigenvalue weighted by Crippen LogP contribution is 2.35. The summed E-state index contributed by atoms with van der Waals surface area (Å²) in [5.41, 5.74) is 0.909. The lowest BCUT2D eigenvalue weighted by Crippen LogP contribution is -2.40. The van der Waals surface area contributed by atoms with E-state index in [1.54, 1.807) is 24.3 Å². The molecule has 0 fully saturated rings. The molecule has 3 rings (SSSR count). The van der Waals surface area contributed by atoms with Crippen LogP contribution in [0.25, 0.3) is 0 Å². The molecule has 0 spiro atoms. The van der Waals surface area contributed by atoms with Crippen LogP contribution in [0.3, 0.4) is 0 Å². The van der Waals surface area contributed by atoms with Crippen molar-refractivity contribution in [2.24, 2.45) is 0 Å². The summed E-state index contributed by atoms with van der Waals surface area (Å²) < 4.78 is 11.4. The summed E-state index contributed by atoms with van der Waals surface area (Å²) in [5.74, 6) is -0.475. The molecule has 0 amide bonds. The maximum absolute atomic E-state index is 13.2. The zero-order valence-electron chi connectivity index (χ0n) is 14.4. The molecule has 0 heterocycles. The first-order valence-corrected chi connectivity index (χ1v) is 8.62. The van der Waals surface area contributed by atoms with Gasteiger partial charge < -0.3 is 9.47 Å². The molecule has 0 bridgehead atoms. The summed E-state index contributed by atoms with van der Waals surface area (Å²) in [6, 6.07) is 25.9. The fraction of sp³-hybridized carbons (Fsp3) is 0.136. The van der Waals surface area contributed by atoms with Crippen molar-refractivity contribution < 1.29 is 14.3 Å². The van der Waals surface area contributed by atoms with Gasteiger partial charge in [-0.3, -0.25) is 0 Å². The average Bonchev–Trinajstić information content (AvgIpc) is 2.70. The Balaban J connectivity index is 1.99. The Kier molecular flexibility index (Phi) is 5.71. The van der Waals surface area contributed by atoms with E-state index in [-0.39, 0.29) is 6.61 Å². The normalized spacial score (nSPS) is 13.0. The number of carbonyl (C=O) groups excluding carboxylic acids is 1. The number of carbonyl (C=O) groups is 1. The highest BCUT2D eigenvalue weighted by atomic mass is 35.5. The first-order valence-electron chi connectivity index (χ1n) is 8.24. The van der Waals surface area contributed by atoms with E-state index in [0.29, 0.717) is 16.1 Å².